The third-order valence-corrected chi connectivity index (χ3v) is 2.59. The molecule has 2 rings (SSSR count). The van der Waals surface area contributed by atoms with Gasteiger partial charge in [-0.2, -0.15) is 0 Å². The van der Waals surface area contributed by atoms with Gasteiger partial charge in [0.05, 0.1) is 19.3 Å². The fourth-order valence-corrected chi connectivity index (χ4v) is 1.72. The Hall–Kier alpha value is -1.35. The van der Waals surface area contributed by atoms with Crippen LogP contribution in [-0.2, 0) is 4.74 Å². The Kier molecular flexibility index (Phi) is 3.02. The number of hydrogen-bond donors (Lipinski definition) is 0. The highest BCUT2D eigenvalue weighted by Gasteiger charge is 2.24. The predicted octanol–water partition coefficient (Wildman–Crippen LogP) is 1.35. The van der Waals surface area contributed by atoms with Gasteiger partial charge in [-0.05, 0) is 25.1 Å². The van der Waals surface area contributed by atoms with E-state index in [1.165, 1.54) is 0 Å². The van der Waals surface area contributed by atoms with E-state index in [0.717, 1.165) is 5.56 Å². The summed E-state index contributed by atoms with van der Waals surface area (Å²) in [6.45, 7) is 3.95. The van der Waals surface area contributed by atoms with Crippen molar-refractivity contribution in [2.24, 2.45) is 0 Å². The summed E-state index contributed by atoms with van der Waals surface area (Å²) in [4.78, 5) is 13.9. The minimum absolute atomic E-state index is 0.0831. The van der Waals surface area contributed by atoms with Crippen LogP contribution in [-0.4, -0.2) is 36.6 Å². The van der Waals surface area contributed by atoms with Crippen molar-refractivity contribution < 1.29 is 9.53 Å². The summed E-state index contributed by atoms with van der Waals surface area (Å²) in [5, 5.41) is 0. The van der Waals surface area contributed by atoms with E-state index in [9.17, 15) is 4.79 Å². The number of nitrogens with zero attached hydrogens (tertiary/aromatic N) is 1. The topological polar surface area (TPSA) is 29.5 Å². The van der Waals surface area contributed by atoms with Crippen LogP contribution < -0.4 is 0 Å². The van der Waals surface area contributed by atoms with E-state index in [1.54, 1.807) is 24.3 Å². The Bertz CT molecular complexity index is 337. The standard InChI is InChI=1S/C12H14NO2/c1-10-9-15-8-7-13(10)12(14)11-5-3-2-4-6-11/h3-6,10H,7-9H2,1H3. The van der Waals surface area contributed by atoms with Crippen molar-refractivity contribution in [3.8, 4) is 0 Å². The number of hydrogen-bond acceptors (Lipinski definition) is 2. The van der Waals surface area contributed by atoms with E-state index < -0.39 is 0 Å². The van der Waals surface area contributed by atoms with E-state index in [1.807, 2.05) is 11.8 Å². The molecule has 1 atom stereocenters. The van der Waals surface area contributed by atoms with E-state index in [0.29, 0.717) is 19.8 Å². The number of carbonyl (C=O) groups is 1. The highest BCUT2D eigenvalue weighted by atomic mass is 16.5. The zero-order valence-corrected chi connectivity index (χ0v) is 8.77. The Morgan fingerprint density at radius 1 is 1.53 bits per heavy atom. The van der Waals surface area contributed by atoms with Crippen LogP contribution in [0, 0.1) is 6.07 Å². The molecule has 3 heteroatoms. The number of carbonyl (C=O) groups excluding carboxylic acids is 1. The minimum Gasteiger partial charge on any atom is -0.377 e. The third-order valence-electron chi connectivity index (χ3n) is 2.59. The maximum absolute atomic E-state index is 12.1. The largest absolute Gasteiger partial charge is 0.377 e. The van der Waals surface area contributed by atoms with Gasteiger partial charge in [-0.3, -0.25) is 4.79 Å². The lowest BCUT2D eigenvalue weighted by Gasteiger charge is -2.33. The first kappa shape index (κ1) is 10.2. The molecule has 1 aromatic carbocycles. The summed E-state index contributed by atoms with van der Waals surface area (Å²) in [5.74, 6) is 0.0831. The van der Waals surface area contributed by atoms with Crippen molar-refractivity contribution in [2.75, 3.05) is 19.8 Å². The Balaban J connectivity index is 2.13. The van der Waals surface area contributed by atoms with Crippen LogP contribution in [0.3, 0.4) is 0 Å². The normalized spacial score (nSPS) is 21.4. The van der Waals surface area contributed by atoms with E-state index in [-0.39, 0.29) is 11.9 Å². The van der Waals surface area contributed by atoms with Crippen LogP contribution in [0.1, 0.15) is 17.3 Å². The van der Waals surface area contributed by atoms with E-state index in [4.69, 9.17) is 4.74 Å². The second-order valence-electron chi connectivity index (χ2n) is 3.71. The summed E-state index contributed by atoms with van der Waals surface area (Å²) >= 11 is 0. The van der Waals surface area contributed by atoms with Gasteiger partial charge in [-0.1, -0.05) is 12.1 Å². The molecular formula is C12H14NO2. The molecule has 1 unspecified atom stereocenters. The maximum Gasteiger partial charge on any atom is 0.254 e. The molecular weight excluding hydrogens is 190 g/mol. The van der Waals surface area contributed by atoms with Gasteiger partial charge in [0.15, 0.2) is 0 Å². The Morgan fingerprint density at radius 3 is 2.93 bits per heavy atom. The summed E-state index contributed by atoms with van der Waals surface area (Å²) in [6, 6.07) is 10.2. The molecule has 0 saturated carbocycles. The molecule has 1 heterocycles. The highest BCUT2D eigenvalue weighted by Crippen LogP contribution is 2.11. The fourth-order valence-electron chi connectivity index (χ4n) is 1.72. The zero-order valence-electron chi connectivity index (χ0n) is 8.77. The minimum atomic E-state index is 0.0831. The van der Waals surface area contributed by atoms with Gasteiger partial charge < -0.3 is 9.64 Å². The monoisotopic (exact) mass is 204 g/mol. The number of rotatable bonds is 1. The second kappa shape index (κ2) is 4.45. The van der Waals surface area contributed by atoms with Crippen molar-refractivity contribution in [3.63, 3.8) is 0 Å². The second-order valence-corrected chi connectivity index (χ2v) is 3.71. The summed E-state index contributed by atoms with van der Waals surface area (Å²) in [7, 11) is 0. The van der Waals surface area contributed by atoms with Crippen LogP contribution in [0.2, 0.25) is 0 Å². The lowest BCUT2D eigenvalue weighted by atomic mass is 10.1. The summed E-state index contributed by atoms with van der Waals surface area (Å²) in [5.41, 5.74) is 0.725. The van der Waals surface area contributed by atoms with Crippen molar-refractivity contribution in [3.05, 3.63) is 35.9 Å². The number of benzene rings is 1. The summed E-state index contributed by atoms with van der Waals surface area (Å²) in [6.07, 6.45) is 0. The molecule has 1 amide bonds. The van der Waals surface area contributed by atoms with Gasteiger partial charge in [0.1, 0.15) is 0 Å². The molecule has 15 heavy (non-hydrogen) atoms. The number of ether oxygens (including phenoxy) is 1. The molecule has 1 aromatic rings. The van der Waals surface area contributed by atoms with Gasteiger partial charge in [-0.25, -0.2) is 0 Å². The molecule has 1 radical (unpaired) electrons. The Morgan fingerprint density at radius 2 is 2.27 bits per heavy atom. The first-order valence-corrected chi connectivity index (χ1v) is 5.14. The fraction of sp³-hybridized carbons (Fsp3) is 0.417. The van der Waals surface area contributed by atoms with Crippen molar-refractivity contribution >= 4 is 5.91 Å². The van der Waals surface area contributed by atoms with Gasteiger partial charge in [-0.15, -0.1) is 0 Å². The quantitative estimate of drug-likeness (QED) is 0.691. The van der Waals surface area contributed by atoms with Crippen LogP contribution in [0.5, 0.6) is 0 Å². The molecule has 0 aliphatic carbocycles. The molecule has 0 aromatic heterocycles. The number of amides is 1. The molecule has 1 aliphatic rings. The van der Waals surface area contributed by atoms with Gasteiger partial charge in [0, 0.05) is 12.1 Å². The average molecular weight is 204 g/mol. The molecule has 1 fully saturated rings. The third kappa shape index (κ3) is 2.18. The maximum atomic E-state index is 12.1. The van der Waals surface area contributed by atoms with Gasteiger partial charge >= 0.3 is 0 Å². The molecule has 1 saturated heterocycles. The molecule has 0 bridgehead atoms. The van der Waals surface area contributed by atoms with Crippen LogP contribution >= 0.6 is 0 Å². The van der Waals surface area contributed by atoms with Crippen LogP contribution in [0.15, 0.2) is 24.3 Å². The number of morpholine rings is 1. The van der Waals surface area contributed by atoms with E-state index >= 15 is 0 Å². The Labute approximate surface area is 89.7 Å². The molecule has 79 valence electrons. The molecule has 3 nitrogen and oxygen atoms in total. The van der Waals surface area contributed by atoms with Crippen molar-refractivity contribution in [1.29, 1.82) is 0 Å². The lowest BCUT2D eigenvalue weighted by Crippen LogP contribution is -2.47. The van der Waals surface area contributed by atoms with E-state index in [2.05, 4.69) is 6.07 Å². The van der Waals surface area contributed by atoms with Crippen molar-refractivity contribution in [1.82, 2.24) is 4.90 Å². The molecule has 0 N–H and O–H groups in total. The van der Waals surface area contributed by atoms with Gasteiger partial charge in [0.2, 0.25) is 0 Å². The first-order valence-electron chi connectivity index (χ1n) is 5.14. The smallest absolute Gasteiger partial charge is 0.254 e. The van der Waals surface area contributed by atoms with Crippen LogP contribution in [0.4, 0.5) is 0 Å². The van der Waals surface area contributed by atoms with Crippen LogP contribution in [0.25, 0.3) is 0 Å². The molecule has 0 spiro atoms. The lowest BCUT2D eigenvalue weighted by molar-refractivity contribution is 0.00359. The first-order chi connectivity index (χ1) is 7.29. The highest BCUT2D eigenvalue weighted by molar-refractivity contribution is 5.94. The van der Waals surface area contributed by atoms with Crippen molar-refractivity contribution in [2.45, 2.75) is 13.0 Å². The SMILES string of the molecule is CC1COCCN1C(=O)c1cc[c]cc1. The van der Waals surface area contributed by atoms with Gasteiger partial charge in [0.25, 0.3) is 5.91 Å². The zero-order chi connectivity index (χ0) is 10.7. The predicted molar refractivity (Wildman–Crippen MR) is 56.6 cm³/mol. The molecule has 1 aliphatic heterocycles. The average Bonchev–Trinajstić information content (AvgIpc) is 2.30. The summed E-state index contributed by atoms with van der Waals surface area (Å²) < 4.78 is 5.30.